The largest absolute Gasteiger partial charge is 0.372 e. The predicted octanol–water partition coefficient (Wildman–Crippen LogP) is 1.90. The van der Waals surface area contributed by atoms with E-state index in [0.717, 1.165) is 12.0 Å². The zero-order valence-electron chi connectivity index (χ0n) is 8.29. The monoisotopic (exact) mass is 179 g/mol. The van der Waals surface area contributed by atoms with Gasteiger partial charge in [0.15, 0.2) is 0 Å². The first kappa shape index (κ1) is 10.2. The fourth-order valence-electron chi connectivity index (χ4n) is 1.55. The maximum Gasteiger partial charge on any atom is 0.105 e. The molecule has 0 spiro atoms. The van der Waals surface area contributed by atoms with Crippen LogP contribution in [0.5, 0.6) is 0 Å². The highest BCUT2D eigenvalue weighted by atomic mass is 16.5. The summed E-state index contributed by atoms with van der Waals surface area (Å²) in [5.74, 6) is 0. The van der Waals surface area contributed by atoms with Crippen LogP contribution < -0.4 is 5.73 Å². The Morgan fingerprint density at radius 1 is 1.31 bits per heavy atom. The first-order chi connectivity index (χ1) is 6.29. The smallest absolute Gasteiger partial charge is 0.105 e. The van der Waals surface area contributed by atoms with Gasteiger partial charge in [0.2, 0.25) is 0 Å². The van der Waals surface area contributed by atoms with Crippen LogP contribution in [0, 0.1) is 0 Å². The van der Waals surface area contributed by atoms with Crippen molar-refractivity contribution in [1.29, 1.82) is 0 Å². The lowest BCUT2D eigenvalue weighted by Crippen LogP contribution is -2.36. The Labute approximate surface area is 79.7 Å². The number of hydrogen-bond acceptors (Lipinski definition) is 2. The normalized spacial score (nSPS) is 15.3. The van der Waals surface area contributed by atoms with E-state index >= 15 is 0 Å². The van der Waals surface area contributed by atoms with Crippen molar-refractivity contribution >= 4 is 0 Å². The highest BCUT2D eigenvalue weighted by molar-refractivity contribution is 5.22. The van der Waals surface area contributed by atoms with Gasteiger partial charge in [-0.1, -0.05) is 37.3 Å². The number of hydrogen-bond donors (Lipinski definition) is 1. The van der Waals surface area contributed by atoms with Crippen LogP contribution in [0.3, 0.4) is 0 Å². The van der Waals surface area contributed by atoms with Gasteiger partial charge in [0.05, 0.1) is 0 Å². The van der Waals surface area contributed by atoms with Crippen LogP contribution in [0.4, 0.5) is 0 Å². The van der Waals surface area contributed by atoms with Crippen molar-refractivity contribution in [3.05, 3.63) is 35.9 Å². The van der Waals surface area contributed by atoms with E-state index in [9.17, 15) is 0 Å². The maximum absolute atomic E-state index is 5.74. The second-order valence-electron chi connectivity index (χ2n) is 3.12. The van der Waals surface area contributed by atoms with E-state index in [1.807, 2.05) is 18.2 Å². The lowest BCUT2D eigenvalue weighted by atomic mass is 9.91. The molecule has 0 aliphatic heterocycles. The van der Waals surface area contributed by atoms with Gasteiger partial charge in [0, 0.05) is 13.7 Å². The molecule has 1 atom stereocenters. The third kappa shape index (κ3) is 1.90. The Hall–Kier alpha value is -0.860. The van der Waals surface area contributed by atoms with Crippen molar-refractivity contribution in [1.82, 2.24) is 0 Å². The molecular weight excluding hydrogens is 162 g/mol. The van der Waals surface area contributed by atoms with Crippen molar-refractivity contribution < 1.29 is 4.74 Å². The van der Waals surface area contributed by atoms with E-state index in [4.69, 9.17) is 10.5 Å². The molecule has 1 rings (SSSR count). The molecule has 13 heavy (non-hydrogen) atoms. The Kier molecular flexibility index (Phi) is 3.46. The van der Waals surface area contributed by atoms with Gasteiger partial charge in [0.25, 0.3) is 0 Å². The van der Waals surface area contributed by atoms with Crippen LogP contribution in [0.25, 0.3) is 0 Å². The van der Waals surface area contributed by atoms with Gasteiger partial charge in [0.1, 0.15) is 5.60 Å². The molecule has 72 valence electrons. The molecule has 0 amide bonds. The summed E-state index contributed by atoms with van der Waals surface area (Å²) in [5, 5.41) is 0. The summed E-state index contributed by atoms with van der Waals surface area (Å²) in [6, 6.07) is 10.1. The Bertz CT molecular complexity index is 233. The summed E-state index contributed by atoms with van der Waals surface area (Å²) in [6.07, 6.45) is 0.893. The minimum absolute atomic E-state index is 0.304. The molecule has 1 unspecified atom stereocenters. The van der Waals surface area contributed by atoms with Gasteiger partial charge >= 0.3 is 0 Å². The highest BCUT2D eigenvalue weighted by Crippen LogP contribution is 2.26. The minimum atomic E-state index is -0.304. The summed E-state index contributed by atoms with van der Waals surface area (Å²) in [6.45, 7) is 2.60. The van der Waals surface area contributed by atoms with Gasteiger partial charge in [-0.05, 0) is 12.0 Å². The summed E-state index contributed by atoms with van der Waals surface area (Å²) >= 11 is 0. The first-order valence-electron chi connectivity index (χ1n) is 4.60. The Balaban J connectivity index is 3.01. The van der Waals surface area contributed by atoms with Crippen LogP contribution in [-0.2, 0) is 10.3 Å². The fourth-order valence-corrected chi connectivity index (χ4v) is 1.55. The van der Waals surface area contributed by atoms with Crippen LogP contribution in [0.1, 0.15) is 18.9 Å². The lowest BCUT2D eigenvalue weighted by molar-refractivity contribution is -0.0103. The minimum Gasteiger partial charge on any atom is -0.372 e. The van der Waals surface area contributed by atoms with Crippen LogP contribution in [0.15, 0.2) is 30.3 Å². The van der Waals surface area contributed by atoms with Crippen molar-refractivity contribution in [3.63, 3.8) is 0 Å². The topological polar surface area (TPSA) is 35.2 Å². The van der Waals surface area contributed by atoms with E-state index in [-0.39, 0.29) is 5.60 Å². The summed E-state index contributed by atoms with van der Waals surface area (Å²) < 4.78 is 5.50. The zero-order chi connectivity index (χ0) is 9.73. The number of benzene rings is 1. The summed E-state index contributed by atoms with van der Waals surface area (Å²) in [7, 11) is 1.71. The van der Waals surface area contributed by atoms with Gasteiger partial charge in [-0.15, -0.1) is 0 Å². The molecule has 0 aromatic heterocycles. The molecule has 1 aromatic rings. The molecule has 2 heteroatoms. The standard InChI is InChI=1S/C11H17NO/c1-3-11(9-12,13-2)10-7-5-4-6-8-10/h4-8H,3,9,12H2,1-2H3. The SMILES string of the molecule is CCC(CN)(OC)c1ccccc1. The molecule has 0 saturated heterocycles. The van der Waals surface area contributed by atoms with E-state index in [1.165, 1.54) is 0 Å². The molecule has 2 nitrogen and oxygen atoms in total. The summed E-state index contributed by atoms with van der Waals surface area (Å²) in [4.78, 5) is 0. The van der Waals surface area contributed by atoms with Gasteiger partial charge in [-0.25, -0.2) is 0 Å². The van der Waals surface area contributed by atoms with Crippen molar-refractivity contribution in [2.75, 3.05) is 13.7 Å². The van der Waals surface area contributed by atoms with Crippen molar-refractivity contribution in [2.24, 2.45) is 5.73 Å². The average molecular weight is 179 g/mol. The third-order valence-corrected chi connectivity index (χ3v) is 2.59. The van der Waals surface area contributed by atoms with Crippen molar-refractivity contribution in [3.8, 4) is 0 Å². The second kappa shape index (κ2) is 4.40. The van der Waals surface area contributed by atoms with Crippen molar-refractivity contribution in [2.45, 2.75) is 18.9 Å². The number of nitrogens with two attached hydrogens (primary N) is 1. The van der Waals surface area contributed by atoms with E-state index in [2.05, 4.69) is 19.1 Å². The molecule has 0 heterocycles. The van der Waals surface area contributed by atoms with E-state index in [0.29, 0.717) is 6.54 Å². The molecule has 0 bridgehead atoms. The molecule has 0 radical (unpaired) electrons. The number of ether oxygens (including phenoxy) is 1. The van der Waals surface area contributed by atoms with Gasteiger partial charge < -0.3 is 10.5 Å². The number of methoxy groups -OCH3 is 1. The quantitative estimate of drug-likeness (QED) is 0.766. The fraction of sp³-hybridized carbons (Fsp3) is 0.455. The molecular formula is C11H17NO. The Morgan fingerprint density at radius 2 is 1.92 bits per heavy atom. The highest BCUT2D eigenvalue weighted by Gasteiger charge is 2.27. The Morgan fingerprint density at radius 3 is 2.31 bits per heavy atom. The molecule has 0 aliphatic carbocycles. The van der Waals surface area contributed by atoms with Crippen LogP contribution in [0.2, 0.25) is 0 Å². The van der Waals surface area contributed by atoms with E-state index < -0.39 is 0 Å². The van der Waals surface area contributed by atoms with Crippen LogP contribution in [-0.4, -0.2) is 13.7 Å². The molecule has 2 N–H and O–H groups in total. The maximum atomic E-state index is 5.74. The molecule has 0 fully saturated rings. The van der Waals surface area contributed by atoms with Crippen LogP contribution >= 0.6 is 0 Å². The van der Waals surface area contributed by atoms with Gasteiger partial charge in [-0.2, -0.15) is 0 Å². The lowest BCUT2D eigenvalue weighted by Gasteiger charge is -2.30. The summed E-state index contributed by atoms with van der Waals surface area (Å²) in [5.41, 5.74) is 6.59. The predicted molar refractivity (Wildman–Crippen MR) is 54.5 cm³/mol. The second-order valence-corrected chi connectivity index (χ2v) is 3.12. The number of rotatable bonds is 4. The van der Waals surface area contributed by atoms with Gasteiger partial charge in [-0.3, -0.25) is 0 Å². The zero-order valence-corrected chi connectivity index (χ0v) is 8.29. The molecule has 0 aliphatic rings. The third-order valence-electron chi connectivity index (χ3n) is 2.59. The molecule has 0 saturated carbocycles. The first-order valence-corrected chi connectivity index (χ1v) is 4.60. The average Bonchev–Trinajstić information content (AvgIpc) is 2.23. The molecule has 1 aromatic carbocycles. The van der Waals surface area contributed by atoms with E-state index in [1.54, 1.807) is 7.11 Å².